The highest BCUT2D eigenvalue weighted by Crippen LogP contribution is 2.18. The quantitative estimate of drug-likeness (QED) is 0.844. The Hall–Kier alpha value is -1.33. The normalized spacial score (nSPS) is 19.2. The van der Waals surface area contributed by atoms with Crippen molar-refractivity contribution in [3.05, 3.63) is 18.3 Å². The first kappa shape index (κ1) is 12.1. The summed E-state index contributed by atoms with van der Waals surface area (Å²) in [6, 6.07) is 4.45. The number of nitrogens with one attached hydrogen (secondary N) is 2. The van der Waals surface area contributed by atoms with Crippen LogP contribution in [0.1, 0.15) is 6.42 Å². The van der Waals surface area contributed by atoms with E-state index in [-0.39, 0.29) is 12.4 Å². The monoisotopic (exact) mass is 253 g/mol. The van der Waals surface area contributed by atoms with Crippen molar-refractivity contribution in [1.82, 2.24) is 20.3 Å². The van der Waals surface area contributed by atoms with Gasteiger partial charge in [0.25, 0.3) is 0 Å². The molecule has 0 radical (unpaired) electrons. The first-order chi connectivity index (χ1) is 7.84. The molecule has 0 amide bonds. The molecule has 5 nitrogen and oxygen atoms in total. The molecule has 1 saturated heterocycles. The molecule has 1 aliphatic heterocycles. The summed E-state index contributed by atoms with van der Waals surface area (Å²) in [5.41, 5.74) is 1.78. The maximum Gasteiger partial charge on any atom is 0.205 e. The molecule has 0 aromatic carbocycles. The minimum absolute atomic E-state index is 0. The Morgan fingerprint density at radius 2 is 2.35 bits per heavy atom. The summed E-state index contributed by atoms with van der Waals surface area (Å²) in [6.45, 7) is 2.12. The zero-order chi connectivity index (χ0) is 11.0. The largest absolute Gasteiger partial charge is 0.341 e. The Bertz CT molecular complexity index is 458. The Labute approximate surface area is 106 Å². The molecule has 3 rings (SSSR count). The zero-order valence-electron chi connectivity index (χ0n) is 9.68. The average molecular weight is 254 g/mol. The van der Waals surface area contributed by atoms with Crippen LogP contribution in [0.2, 0.25) is 0 Å². The van der Waals surface area contributed by atoms with Gasteiger partial charge in [-0.25, -0.2) is 4.98 Å². The van der Waals surface area contributed by atoms with Gasteiger partial charge in [-0.2, -0.15) is 4.98 Å². The van der Waals surface area contributed by atoms with Crippen LogP contribution in [0.4, 0.5) is 5.95 Å². The predicted molar refractivity (Wildman–Crippen MR) is 70.8 cm³/mol. The van der Waals surface area contributed by atoms with Crippen molar-refractivity contribution in [3.63, 3.8) is 0 Å². The van der Waals surface area contributed by atoms with Crippen molar-refractivity contribution in [3.8, 4) is 0 Å². The first-order valence-electron chi connectivity index (χ1n) is 5.59. The number of rotatable bonds is 2. The molecule has 0 unspecified atom stereocenters. The summed E-state index contributed by atoms with van der Waals surface area (Å²) < 4.78 is 0. The van der Waals surface area contributed by atoms with Gasteiger partial charge in [0.1, 0.15) is 0 Å². The number of hydrogen-bond acceptors (Lipinski definition) is 4. The molecule has 1 aliphatic rings. The molecule has 2 aromatic rings. The van der Waals surface area contributed by atoms with E-state index in [1.165, 1.54) is 6.42 Å². The second-order valence-corrected chi connectivity index (χ2v) is 4.19. The summed E-state index contributed by atoms with van der Waals surface area (Å²) in [7, 11) is 2.08. The van der Waals surface area contributed by atoms with Gasteiger partial charge in [-0.1, -0.05) is 0 Å². The maximum absolute atomic E-state index is 4.49. The van der Waals surface area contributed by atoms with E-state index in [9.17, 15) is 0 Å². The molecular weight excluding hydrogens is 238 g/mol. The van der Waals surface area contributed by atoms with E-state index in [2.05, 4.69) is 32.2 Å². The number of H-pyrrole nitrogens is 1. The van der Waals surface area contributed by atoms with Gasteiger partial charge in [0.2, 0.25) is 5.95 Å². The maximum atomic E-state index is 4.49. The number of nitrogens with zero attached hydrogens (tertiary/aromatic N) is 3. The Balaban J connectivity index is 0.00000108. The SMILES string of the molecule is CN(c1nc2ncccc2[nH]1)[C@H]1CCNC1.Cl. The van der Waals surface area contributed by atoms with E-state index in [0.29, 0.717) is 6.04 Å². The van der Waals surface area contributed by atoms with Crippen LogP contribution in [-0.2, 0) is 0 Å². The lowest BCUT2D eigenvalue weighted by molar-refractivity contribution is 0.672. The number of aromatic amines is 1. The van der Waals surface area contributed by atoms with Gasteiger partial charge in [0.15, 0.2) is 5.65 Å². The van der Waals surface area contributed by atoms with Crippen molar-refractivity contribution in [2.45, 2.75) is 12.5 Å². The van der Waals surface area contributed by atoms with Crippen LogP contribution in [0.5, 0.6) is 0 Å². The topological polar surface area (TPSA) is 56.8 Å². The van der Waals surface area contributed by atoms with E-state index < -0.39 is 0 Å². The molecule has 0 aliphatic carbocycles. The number of fused-ring (bicyclic) bond motifs is 1. The van der Waals surface area contributed by atoms with E-state index in [0.717, 1.165) is 30.2 Å². The van der Waals surface area contributed by atoms with Crippen LogP contribution < -0.4 is 10.2 Å². The van der Waals surface area contributed by atoms with Gasteiger partial charge < -0.3 is 15.2 Å². The van der Waals surface area contributed by atoms with Crippen molar-refractivity contribution in [2.24, 2.45) is 0 Å². The molecule has 2 N–H and O–H groups in total. The highest BCUT2D eigenvalue weighted by molar-refractivity contribution is 5.85. The predicted octanol–water partition coefficient (Wildman–Crippen LogP) is 1.18. The van der Waals surface area contributed by atoms with Gasteiger partial charge in [0.05, 0.1) is 5.52 Å². The Morgan fingerprint density at radius 3 is 3.06 bits per heavy atom. The van der Waals surface area contributed by atoms with Crippen molar-refractivity contribution in [1.29, 1.82) is 0 Å². The van der Waals surface area contributed by atoms with Gasteiger partial charge in [-0.3, -0.25) is 0 Å². The van der Waals surface area contributed by atoms with Crippen LogP contribution in [0, 0.1) is 0 Å². The number of aromatic nitrogens is 3. The minimum atomic E-state index is 0. The van der Waals surface area contributed by atoms with E-state index in [4.69, 9.17) is 0 Å². The number of imidazole rings is 1. The van der Waals surface area contributed by atoms with Crippen LogP contribution >= 0.6 is 12.4 Å². The number of anilines is 1. The fraction of sp³-hybridized carbons (Fsp3) is 0.455. The van der Waals surface area contributed by atoms with Gasteiger partial charge in [0, 0.05) is 25.8 Å². The Kier molecular flexibility index (Phi) is 3.49. The number of hydrogen-bond donors (Lipinski definition) is 2. The summed E-state index contributed by atoms with van der Waals surface area (Å²) in [5, 5.41) is 3.36. The van der Waals surface area contributed by atoms with Crippen molar-refractivity contribution in [2.75, 3.05) is 25.0 Å². The van der Waals surface area contributed by atoms with Crippen LogP contribution in [0.15, 0.2) is 18.3 Å². The molecule has 92 valence electrons. The summed E-state index contributed by atoms with van der Waals surface area (Å²) in [4.78, 5) is 14.2. The second-order valence-electron chi connectivity index (χ2n) is 4.19. The summed E-state index contributed by atoms with van der Waals surface area (Å²) in [5.74, 6) is 0.905. The number of pyridine rings is 1. The third-order valence-electron chi connectivity index (χ3n) is 3.16. The smallest absolute Gasteiger partial charge is 0.205 e. The highest BCUT2D eigenvalue weighted by atomic mass is 35.5. The second kappa shape index (κ2) is 4.89. The standard InChI is InChI=1S/C11H15N5.ClH/c1-16(8-4-6-12-7-8)11-14-9-3-2-5-13-10(9)15-11;/h2-3,5,8,12H,4,6-7H2,1H3,(H,13,14,15);1H/t8-;/m0./s1. The van der Waals surface area contributed by atoms with Gasteiger partial charge in [-0.15, -0.1) is 12.4 Å². The van der Waals surface area contributed by atoms with E-state index in [1.807, 2.05) is 12.1 Å². The third-order valence-corrected chi connectivity index (χ3v) is 3.16. The lowest BCUT2D eigenvalue weighted by atomic mass is 10.2. The Morgan fingerprint density at radius 1 is 1.47 bits per heavy atom. The van der Waals surface area contributed by atoms with E-state index in [1.54, 1.807) is 6.20 Å². The highest BCUT2D eigenvalue weighted by Gasteiger charge is 2.21. The molecule has 0 bridgehead atoms. The average Bonchev–Trinajstić information content (AvgIpc) is 2.97. The molecule has 0 spiro atoms. The van der Waals surface area contributed by atoms with Crippen molar-refractivity contribution >= 4 is 29.5 Å². The molecule has 6 heteroatoms. The molecule has 1 atom stereocenters. The zero-order valence-corrected chi connectivity index (χ0v) is 10.5. The molecule has 0 saturated carbocycles. The molecule has 17 heavy (non-hydrogen) atoms. The van der Waals surface area contributed by atoms with Crippen LogP contribution in [0.25, 0.3) is 11.2 Å². The van der Waals surface area contributed by atoms with E-state index >= 15 is 0 Å². The summed E-state index contributed by atoms with van der Waals surface area (Å²) in [6.07, 6.45) is 2.94. The minimum Gasteiger partial charge on any atom is -0.341 e. The molecular formula is C11H16ClN5. The molecule has 2 aromatic heterocycles. The van der Waals surface area contributed by atoms with Gasteiger partial charge in [-0.05, 0) is 25.1 Å². The number of likely N-dealkylation sites (N-methyl/N-ethyl adjacent to an activating group) is 1. The third kappa shape index (κ3) is 2.21. The summed E-state index contributed by atoms with van der Waals surface area (Å²) >= 11 is 0. The van der Waals surface area contributed by atoms with Gasteiger partial charge >= 0.3 is 0 Å². The number of halogens is 1. The lowest BCUT2D eigenvalue weighted by Crippen LogP contribution is -2.34. The molecule has 3 heterocycles. The first-order valence-corrected chi connectivity index (χ1v) is 5.59. The fourth-order valence-electron chi connectivity index (χ4n) is 2.14. The van der Waals surface area contributed by atoms with Crippen molar-refractivity contribution < 1.29 is 0 Å². The lowest BCUT2D eigenvalue weighted by Gasteiger charge is -2.22. The fourth-order valence-corrected chi connectivity index (χ4v) is 2.14. The van der Waals surface area contributed by atoms with Crippen LogP contribution in [-0.4, -0.2) is 41.1 Å². The molecule has 1 fully saturated rings. The van der Waals surface area contributed by atoms with Crippen LogP contribution in [0.3, 0.4) is 0 Å².